The van der Waals surface area contributed by atoms with E-state index in [0.717, 1.165) is 18.0 Å². The van der Waals surface area contributed by atoms with Gasteiger partial charge in [-0.25, -0.2) is 0 Å². The van der Waals surface area contributed by atoms with Crippen molar-refractivity contribution in [3.05, 3.63) is 0 Å². The van der Waals surface area contributed by atoms with Gasteiger partial charge in [-0.3, -0.25) is 4.90 Å². The van der Waals surface area contributed by atoms with Gasteiger partial charge in [0.05, 0.1) is 0 Å². The Balaban J connectivity index is 0.000000271. The molecule has 1 atom stereocenters. The minimum atomic E-state index is 0.730. The van der Waals surface area contributed by atoms with E-state index in [1.807, 2.05) is 0 Å². The molecule has 0 saturated carbocycles. The third kappa shape index (κ3) is 9.37. The molecule has 1 unspecified atom stereocenters. The Bertz CT molecular complexity index is 316. The average molecular weight is 355 g/mol. The lowest BCUT2D eigenvalue weighted by atomic mass is 9.92. The monoisotopic (exact) mass is 354 g/mol. The van der Waals surface area contributed by atoms with Crippen molar-refractivity contribution in [1.29, 1.82) is 0 Å². The molecule has 0 radical (unpaired) electrons. The standard InChI is InChI=1S/C13H28N2.C8H18N2/c1-5-12(2)15-10-7-13(8-11-15)6-9-14(3)4;1-8(2)10-6-4-9(3)5-7-10/h12-13H,5-11H2,1-4H3;8H,4-7H2,1-3H3. The van der Waals surface area contributed by atoms with Crippen molar-refractivity contribution in [1.82, 2.24) is 19.6 Å². The average Bonchev–Trinajstić information content (AvgIpc) is 2.60. The van der Waals surface area contributed by atoms with Gasteiger partial charge in [0.15, 0.2) is 0 Å². The van der Waals surface area contributed by atoms with Crippen LogP contribution in [0.5, 0.6) is 0 Å². The number of piperazine rings is 1. The summed E-state index contributed by atoms with van der Waals surface area (Å²) in [6.07, 6.45) is 5.51. The smallest absolute Gasteiger partial charge is 0.0112 e. The van der Waals surface area contributed by atoms with Gasteiger partial charge in [-0.2, -0.15) is 0 Å². The summed E-state index contributed by atoms with van der Waals surface area (Å²) in [5, 5.41) is 0. The van der Waals surface area contributed by atoms with E-state index < -0.39 is 0 Å². The number of piperidine rings is 1. The number of hydrogen-bond acceptors (Lipinski definition) is 4. The second kappa shape index (κ2) is 12.3. The summed E-state index contributed by atoms with van der Waals surface area (Å²) < 4.78 is 0. The predicted molar refractivity (Wildman–Crippen MR) is 111 cm³/mol. The lowest BCUT2D eigenvalue weighted by molar-refractivity contribution is 0.126. The lowest BCUT2D eigenvalue weighted by Crippen LogP contribution is -2.47. The molecular weight excluding hydrogens is 308 g/mol. The molecule has 0 N–H and O–H groups in total. The highest BCUT2D eigenvalue weighted by Crippen LogP contribution is 2.22. The van der Waals surface area contributed by atoms with Crippen molar-refractivity contribution in [2.75, 3.05) is 67.0 Å². The summed E-state index contributed by atoms with van der Waals surface area (Å²) in [7, 11) is 6.54. The molecular formula is C21H46N4. The maximum atomic E-state index is 2.66. The fourth-order valence-corrected chi connectivity index (χ4v) is 3.72. The summed E-state index contributed by atoms with van der Waals surface area (Å²) in [6, 6.07) is 1.52. The molecule has 2 saturated heterocycles. The van der Waals surface area contributed by atoms with Crippen LogP contribution in [0, 0.1) is 5.92 Å². The molecule has 0 amide bonds. The molecule has 2 aliphatic rings. The quantitative estimate of drug-likeness (QED) is 0.726. The van der Waals surface area contributed by atoms with Gasteiger partial charge in [0, 0.05) is 38.3 Å². The molecule has 2 rings (SSSR count). The molecule has 4 heteroatoms. The summed E-state index contributed by atoms with van der Waals surface area (Å²) in [5.41, 5.74) is 0. The van der Waals surface area contributed by atoms with Crippen molar-refractivity contribution in [3.8, 4) is 0 Å². The van der Waals surface area contributed by atoms with Crippen LogP contribution in [0.3, 0.4) is 0 Å². The first-order chi connectivity index (χ1) is 11.8. The molecule has 2 heterocycles. The van der Waals surface area contributed by atoms with Crippen LogP contribution in [0.4, 0.5) is 0 Å². The summed E-state index contributed by atoms with van der Waals surface area (Å²) >= 11 is 0. The van der Waals surface area contributed by atoms with E-state index in [2.05, 4.69) is 68.4 Å². The van der Waals surface area contributed by atoms with Gasteiger partial charge < -0.3 is 14.7 Å². The Morgan fingerprint density at radius 2 is 1.44 bits per heavy atom. The second-order valence-electron chi connectivity index (χ2n) is 8.76. The molecule has 0 aromatic carbocycles. The number of hydrogen-bond donors (Lipinski definition) is 0. The maximum absolute atomic E-state index is 2.66. The zero-order valence-electron chi connectivity index (χ0n) is 18.3. The Morgan fingerprint density at radius 3 is 1.88 bits per heavy atom. The largest absolute Gasteiger partial charge is 0.309 e. The van der Waals surface area contributed by atoms with E-state index >= 15 is 0 Å². The number of rotatable bonds is 6. The van der Waals surface area contributed by atoms with Crippen LogP contribution in [-0.4, -0.2) is 98.6 Å². The van der Waals surface area contributed by atoms with Gasteiger partial charge in [0.2, 0.25) is 0 Å². The van der Waals surface area contributed by atoms with Crippen LogP contribution in [0.15, 0.2) is 0 Å². The van der Waals surface area contributed by atoms with E-state index in [9.17, 15) is 0 Å². The Hall–Kier alpha value is -0.160. The number of nitrogens with zero attached hydrogens (tertiary/aromatic N) is 4. The van der Waals surface area contributed by atoms with Gasteiger partial charge in [-0.05, 0) is 93.1 Å². The first kappa shape index (κ1) is 22.9. The fourth-order valence-electron chi connectivity index (χ4n) is 3.72. The van der Waals surface area contributed by atoms with E-state index in [0.29, 0.717) is 0 Å². The normalized spacial score (nSPS) is 22.9. The Morgan fingerprint density at radius 1 is 0.880 bits per heavy atom. The zero-order valence-corrected chi connectivity index (χ0v) is 18.3. The Kier molecular flexibility index (Phi) is 11.2. The third-order valence-electron chi connectivity index (χ3n) is 6.12. The van der Waals surface area contributed by atoms with E-state index in [4.69, 9.17) is 0 Å². The van der Waals surface area contributed by atoms with Crippen molar-refractivity contribution >= 4 is 0 Å². The second-order valence-corrected chi connectivity index (χ2v) is 8.76. The van der Waals surface area contributed by atoms with Crippen molar-refractivity contribution in [2.24, 2.45) is 5.92 Å². The summed E-state index contributed by atoms with van der Waals surface area (Å²) in [6.45, 7) is 18.1. The predicted octanol–water partition coefficient (Wildman–Crippen LogP) is 3.09. The highest BCUT2D eigenvalue weighted by atomic mass is 15.3. The first-order valence-electron chi connectivity index (χ1n) is 10.6. The third-order valence-corrected chi connectivity index (χ3v) is 6.12. The molecule has 0 aliphatic carbocycles. The number of likely N-dealkylation sites (tertiary alicyclic amines) is 1. The number of likely N-dealkylation sites (N-methyl/N-ethyl adjacent to an activating group) is 1. The molecule has 2 fully saturated rings. The van der Waals surface area contributed by atoms with Gasteiger partial charge >= 0.3 is 0 Å². The maximum Gasteiger partial charge on any atom is 0.0112 e. The molecule has 0 bridgehead atoms. The SMILES string of the molecule is CC(C)N1CCN(C)CC1.CCC(C)N1CCC(CCN(C)C)CC1. The molecule has 0 aromatic heterocycles. The van der Waals surface area contributed by atoms with Crippen molar-refractivity contribution in [2.45, 2.75) is 65.5 Å². The lowest BCUT2D eigenvalue weighted by Gasteiger charge is -2.36. The van der Waals surface area contributed by atoms with E-state index in [-0.39, 0.29) is 0 Å². The molecule has 0 spiro atoms. The molecule has 0 aromatic rings. The van der Waals surface area contributed by atoms with Crippen LogP contribution >= 0.6 is 0 Å². The minimum absolute atomic E-state index is 0.730. The minimum Gasteiger partial charge on any atom is -0.309 e. The van der Waals surface area contributed by atoms with Crippen LogP contribution in [0.1, 0.15) is 53.4 Å². The molecule has 4 nitrogen and oxygen atoms in total. The van der Waals surface area contributed by atoms with Gasteiger partial charge in [0.25, 0.3) is 0 Å². The topological polar surface area (TPSA) is 13.0 Å². The molecule has 150 valence electrons. The van der Waals surface area contributed by atoms with Gasteiger partial charge in [0.1, 0.15) is 0 Å². The van der Waals surface area contributed by atoms with Gasteiger partial charge in [-0.15, -0.1) is 0 Å². The highest BCUT2D eigenvalue weighted by Gasteiger charge is 2.21. The van der Waals surface area contributed by atoms with Gasteiger partial charge in [-0.1, -0.05) is 6.92 Å². The molecule has 25 heavy (non-hydrogen) atoms. The van der Waals surface area contributed by atoms with Crippen molar-refractivity contribution in [3.63, 3.8) is 0 Å². The fraction of sp³-hybridized carbons (Fsp3) is 1.00. The van der Waals surface area contributed by atoms with Crippen LogP contribution in [-0.2, 0) is 0 Å². The van der Waals surface area contributed by atoms with Crippen LogP contribution in [0.2, 0.25) is 0 Å². The van der Waals surface area contributed by atoms with E-state index in [1.54, 1.807) is 0 Å². The van der Waals surface area contributed by atoms with Crippen molar-refractivity contribution < 1.29 is 0 Å². The summed E-state index contributed by atoms with van der Waals surface area (Å²) in [4.78, 5) is 9.88. The van der Waals surface area contributed by atoms with Crippen LogP contribution < -0.4 is 0 Å². The van der Waals surface area contributed by atoms with Crippen LogP contribution in [0.25, 0.3) is 0 Å². The highest BCUT2D eigenvalue weighted by molar-refractivity contribution is 4.76. The first-order valence-corrected chi connectivity index (χ1v) is 10.6. The molecule has 2 aliphatic heterocycles. The van der Waals surface area contributed by atoms with E-state index in [1.165, 1.54) is 71.5 Å². The zero-order chi connectivity index (χ0) is 18.8. The Labute approximate surface area is 158 Å². The summed E-state index contributed by atoms with van der Waals surface area (Å²) in [5.74, 6) is 0.979.